The Balaban J connectivity index is 3.07. The van der Waals surface area contributed by atoms with Crippen molar-refractivity contribution in [3.05, 3.63) is 21.8 Å². The molecule has 1 aliphatic rings. The summed E-state index contributed by atoms with van der Waals surface area (Å²) in [6.07, 6.45) is 3.16. The Bertz CT molecular complexity index is 233. The van der Waals surface area contributed by atoms with E-state index in [1.165, 1.54) is 16.9 Å². The molecule has 2 heteroatoms. The number of halogens is 1. The lowest BCUT2D eigenvalue weighted by Gasteiger charge is -1.95. The van der Waals surface area contributed by atoms with Crippen LogP contribution in [-0.2, 0) is 0 Å². The van der Waals surface area contributed by atoms with Gasteiger partial charge in [-0.2, -0.15) is 0 Å². The lowest BCUT2D eigenvalue weighted by Crippen LogP contribution is -1.89. The fraction of sp³-hybridized carbons (Fsp3) is 0.444. The highest BCUT2D eigenvalue weighted by molar-refractivity contribution is 9.11. The molecule has 0 fully saturated rings. The molecule has 0 saturated heterocycles. The van der Waals surface area contributed by atoms with E-state index in [9.17, 15) is 0 Å². The van der Waals surface area contributed by atoms with Crippen molar-refractivity contribution in [2.24, 2.45) is 4.99 Å². The molecule has 0 amide bonds. The van der Waals surface area contributed by atoms with Crippen molar-refractivity contribution in [3.63, 3.8) is 0 Å². The van der Waals surface area contributed by atoms with Gasteiger partial charge in [-0.3, -0.25) is 4.99 Å². The van der Waals surface area contributed by atoms with Crippen LogP contribution in [0.4, 0.5) is 0 Å². The Morgan fingerprint density at radius 3 is 2.64 bits per heavy atom. The minimum Gasteiger partial charge on any atom is -0.250 e. The maximum Gasteiger partial charge on any atom is 0.108 e. The van der Waals surface area contributed by atoms with Crippen LogP contribution in [0.25, 0.3) is 0 Å². The summed E-state index contributed by atoms with van der Waals surface area (Å²) in [7, 11) is 0. The second-order valence-corrected chi connectivity index (χ2v) is 3.74. The van der Waals surface area contributed by atoms with E-state index in [2.05, 4.69) is 47.8 Å². The molecule has 1 rings (SSSR count). The number of allylic oxidation sites excluding steroid dienone is 3. The number of hydrogen-bond donors (Lipinski definition) is 0. The van der Waals surface area contributed by atoms with Gasteiger partial charge in [0.15, 0.2) is 0 Å². The van der Waals surface area contributed by atoms with Crippen LogP contribution in [0.2, 0.25) is 0 Å². The molecule has 0 aliphatic carbocycles. The summed E-state index contributed by atoms with van der Waals surface area (Å²) in [6, 6.07) is 0. The molecule has 60 valence electrons. The highest BCUT2D eigenvalue weighted by Gasteiger charge is 2.03. The van der Waals surface area contributed by atoms with E-state index in [0.29, 0.717) is 0 Å². The van der Waals surface area contributed by atoms with Crippen molar-refractivity contribution in [2.75, 3.05) is 0 Å². The Hall–Kier alpha value is -0.370. The maximum absolute atomic E-state index is 4.37. The summed E-state index contributed by atoms with van der Waals surface area (Å²) < 4.78 is 0.965. The first-order valence-corrected chi connectivity index (χ1v) is 4.46. The van der Waals surface area contributed by atoms with E-state index in [1.54, 1.807) is 0 Å². The van der Waals surface area contributed by atoms with Gasteiger partial charge in [0, 0.05) is 12.1 Å². The first-order chi connectivity index (χ1) is 5.09. The van der Waals surface area contributed by atoms with Crippen molar-refractivity contribution in [1.29, 1.82) is 0 Å². The molecule has 0 radical (unpaired) electrons. The van der Waals surface area contributed by atoms with Gasteiger partial charge in [0.1, 0.15) is 4.61 Å². The SMILES string of the molecule is CC1=CC(C)=C(Br)N=C(C)C1. The molecule has 0 N–H and O–H groups in total. The van der Waals surface area contributed by atoms with E-state index in [0.717, 1.165) is 11.0 Å². The van der Waals surface area contributed by atoms with Crippen molar-refractivity contribution in [1.82, 2.24) is 0 Å². The normalized spacial score (nSPS) is 19.3. The number of rotatable bonds is 0. The predicted molar refractivity (Wildman–Crippen MR) is 53.1 cm³/mol. The zero-order chi connectivity index (χ0) is 8.43. The van der Waals surface area contributed by atoms with Gasteiger partial charge in [-0.05, 0) is 42.3 Å². The van der Waals surface area contributed by atoms with Crippen LogP contribution in [0.5, 0.6) is 0 Å². The molecule has 11 heavy (non-hydrogen) atoms. The topological polar surface area (TPSA) is 12.4 Å². The number of nitrogens with zero attached hydrogens (tertiary/aromatic N) is 1. The Morgan fingerprint density at radius 2 is 2.00 bits per heavy atom. The zero-order valence-corrected chi connectivity index (χ0v) is 8.70. The minimum atomic E-state index is 0.965. The second-order valence-electron chi connectivity index (χ2n) is 2.99. The van der Waals surface area contributed by atoms with Crippen molar-refractivity contribution in [2.45, 2.75) is 27.2 Å². The summed E-state index contributed by atoms with van der Waals surface area (Å²) in [6.45, 7) is 6.25. The highest BCUT2D eigenvalue weighted by Crippen LogP contribution is 2.21. The highest BCUT2D eigenvalue weighted by atomic mass is 79.9. The third kappa shape index (κ3) is 2.29. The second kappa shape index (κ2) is 3.35. The van der Waals surface area contributed by atoms with Gasteiger partial charge < -0.3 is 0 Å². The van der Waals surface area contributed by atoms with Gasteiger partial charge in [-0.25, -0.2) is 0 Å². The van der Waals surface area contributed by atoms with Crippen LogP contribution >= 0.6 is 15.9 Å². The molecular weight excluding hydrogens is 202 g/mol. The molecule has 0 spiro atoms. The lowest BCUT2D eigenvalue weighted by molar-refractivity contribution is 1.25. The van der Waals surface area contributed by atoms with Crippen molar-refractivity contribution in [3.8, 4) is 0 Å². The summed E-state index contributed by atoms with van der Waals surface area (Å²) in [5.74, 6) is 0. The first kappa shape index (κ1) is 8.72. The Morgan fingerprint density at radius 1 is 1.36 bits per heavy atom. The van der Waals surface area contributed by atoms with Gasteiger partial charge in [0.2, 0.25) is 0 Å². The van der Waals surface area contributed by atoms with E-state index in [4.69, 9.17) is 0 Å². The van der Waals surface area contributed by atoms with Crippen LogP contribution in [-0.4, -0.2) is 5.71 Å². The van der Waals surface area contributed by atoms with Gasteiger partial charge in [-0.15, -0.1) is 0 Å². The fourth-order valence-electron chi connectivity index (χ4n) is 1.18. The Kier molecular flexibility index (Phi) is 2.66. The standard InChI is InChI=1S/C9H12BrN/c1-6-4-7(2)9(10)11-8(3)5-6/h4H,5H2,1-3H3. The summed E-state index contributed by atoms with van der Waals surface area (Å²) in [5, 5.41) is 0. The molecular formula is C9H12BrN. The molecule has 0 aromatic heterocycles. The quantitative estimate of drug-likeness (QED) is 0.548. The van der Waals surface area contributed by atoms with Crippen LogP contribution in [0, 0.1) is 0 Å². The third-order valence-corrected chi connectivity index (χ3v) is 2.41. The van der Waals surface area contributed by atoms with Gasteiger partial charge >= 0.3 is 0 Å². The molecule has 0 bridgehead atoms. The number of aliphatic imine (C=N–C) groups is 1. The fourth-order valence-corrected chi connectivity index (χ4v) is 1.60. The average Bonchev–Trinajstić information content (AvgIpc) is 1.93. The van der Waals surface area contributed by atoms with E-state index in [1.807, 2.05) is 0 Å². The third-order valence-electron chi connectivity index (χ3n) is 1.61. The van der Waals surface area contributed by atoms with Crippen LogP contribution in [0.15, 0.2) is 26.8 Å². The monoisotopic (exact) mass is 213 g/mol. The van der Waals surface area contributed by atoms with Gasteiger partial charge in [0.05, 0.1) is 0 Å². The molecule has 0 atom stereocenters. The largest absolute Gasteiger partial charge is 0.250 e. The van der Waals surface area contributed by atoms with Crippen molar-refractivity contribution >= 4 is 21.6 Å². The zero-order valence-electron chi connectivity index (χ0n) is 7.11. The summed E-state index contributed by atoms with van der Waals surface area (Å²) in [4.78, 5) is 4.37. The first-order valence-electron chi connectivity index (χ1n) is 3.67. The molecule has 0 saturated carbocycles. The minimum absolute atomic E-state index is 0.965. The molecule has 1 nitrogen and oxygen atoms in total. The summed E-state index contributed by atoms with van der Waals surface area (Å²) in [5.41, 5.74) is 3.75. The molecule has 0 unspecified atom stereocenters. The molecule has 1 aliphatic heterocycles. The Labute approximate surface area is 76.0 Å². The molecule has 0 aromatic rings. The predicted octanol–water partition coefficient (Wildman–Crippen LogP) is 3.42. The van der Waals surface area contributed by atoms with E-state index < -0.39 is 0 Å². The number of hydrogen-bond acceptors (Lipinski definition) is 1. The van der Waals surface area contributed by atoms with E-state index >= 15 is 0 Å². The van der Waals surface area contributed by atoms with Gasteiger partial charge in [-0.1, -0.05) is 11.6 Å². The maximum atomic E-state index is 4.37. The smallest absolute Gasteiger partial charge is 0.108 e. The van der Waals surface area contributed by atoms with Crippen LogP contribution < -0.4 is 0 Å². The van der Waals surface area contributed by atoms with Crippen molar-refractivity contribution < 1.29 is 0 Å². The van der Waals surface area contributed by atoms with Crippen LogP contribution in [0.1, 0.15) is 27.2 Å². The lowest BCUT2D eigenvalue weighted by atomic mass is 10.1. The average molecular weight is 214 g/mol. The van der Waals surface area contributed by atoms with Gasteiger partial charge in [0.25, 0.3) is 0 Å². The van der Waals surface area contributed by atoms with Crippen LogP contribution in [0.3, 0.4) is 0 Å². The summed E-state index contributed by atoms with van der Waals surface area (Å²) >= 11 is 3.42. The molecule has 0 aromatic carbocycles. The van der Waals surface area contributed by atoms with E-state index in [-0.39, 0.29) is 0 Å². The molecule has 1 heterocycles.